The van der Waals surface area contributed by atoms with Crippen LogP contribution in [-0.2, 0) is 4.79 Å². The van der Waals surface area contributed by atoms with Gasteiger partial charge in [-0.2, -0.15) is 0 Å². The Bertz CT molecular complexity index is 171. The van der Waals surface area contributed by atoms with E-state index in [9.17, 15) is 4.79 Å². The third-order valence-electron chi connectivity index (χ3n) is 3.25. The van der Waals surface area contributed by atoms with Gasteiger partial charge >= 0.3 is 5.97 Å². The normalized spacial score (nSPS) is 20.6. The molecular formula is C12H21O2. The van der Waals surface area contributed by atoms with Crippen LogP contribution in [0.5, 0.6) is 0 Å². The summed E-state index contributed by atoms with van der Waals surface area (Å²) in [5.41, 5.74) is 0. The summed E-state index contributed by atoms with van der Waals surface area (Å²) in [5, 5.41) is 8.89. The van der Waals surface area contributed by atoms with Gasteiger partial charge in [-0.25, -0.2) is 0 Å². The molecule has 0 spiro atoms. The summed E-state index contributed by atoms with van der Waals surface area (Å²) in [5.74, 6) is 0.865. The Hall–Kier alpha value is -0.530. The molecule has 1 aliphatic rings. The first-order valence-electron chi connectivity index (χ1n) is 5.80. The van der Waals surface area contributed by atoms with Crippen molar-refractivity contribution in [2.45, 2.75) is 58.3 Å². The topological polar surface area (TPSA) is 37.3 Å². The standard InChI is InChI=1S/C12H21O2/c1-2-11(12(13)14)9-8-10-6-4-3-5-7-10/h11H,2-9H2,1H3,(H,13,14). The van der Waals surface area contributed by atoms with E-state index < -0.39 is 5.97 Å². The minimum Gasteiger partial charge on any atom is -0.481 e. The first-order chi connectivity index (χ1) is 6.74. The Morgan fingerprint density at radius 3 is 2.50 bits per heavy atom. The summed E-state index contributed by atoms with van der Waals surface area (Å²) in [7, 11) is 0. The van der Waals surface area contributed by atoms with Crippen LogP contribution in [0.2, 0.25) is 0 Å². The van der Waals surface area contributed by atoms with E-state index in [0.29, 0.717) is 0 Å². The van der Waals surface area contributed by atoms with Gasteiger partial charge in [-0.1, -0.05) is 26.2 Å². The second-order valence-electron chi connectivity index (χ2n) is 4.29. The highest BCUT2D eigenvalue weighted by molar-refractivity contribution is 5.69. The van der Waals surface area contributed by atoms with Crippen molar-refractivity contribution in [2.24, 2.45) is 5.92 Å². The van der Waals surface area contributed by atoms with Crippen LogP contribution in [-0.4, -0.2) is 11.1 Å². The molecule has 1 fully saturated rings. The van der Waals surface area contributed by atoms with Gasteiger partial charge in [0.25, 0.3) is 0 Å². The molecule has 0 aliphatic heterocycles. The lowest BCUT2D eigenvalue weighted by Crippen LogP contribution is -2.14. The monoisotopic (exact) mass is 197 g/mol. The first kappa shape index (κ1) is 11.5. The van der Waals surface area contributed by atoms with Gasteiger partial charge in [0.15, 0.2) is 0 Å². The Labute approximate surface area is 86.7 Å². The summed E-state index contributed by atoms with van der Waals surface area (Å²) >= 11 is 0. The molecule has 0 aromatic carbocycles. The lowest BCUT2D eigenvalue weighted by atomic mass is 9.84. The average molecular weight is 197 g/mol. The van der Waals surface area contributed by atoms with Crippen molar-refractivity contribution in [3.8, 4) is 0 Å². The van der Waals surface area contributed by atoms with E-state index in [-0.39, 0.29) is 5.92 Å². The average Bonchev–Trinajstić information content (AvgIpc) is 2.20. The van der Waals surface area contributed by atoms with Gasteiger partial charge in [0.1, 0.15) is 0 Å². The summed E-state index contributed by atoms with van der Waals surface area (Å²) in [6.07, 6.45) is 9.15. The zero-order valence-corrected chi connectivity index (χ0v) is 9.09. The second-order valence-corrected chi connectivity index (χ2v) is 4.29. The van der Waals surface area contributed by atoms with Crippen molar-refractivity contribution in [3.05, 3.63) is 5.92 Å². The zero-order chi connectivity index (χ0) is 10.4. The molecule has 1 N–H and O–H groups in total. The number of hydrogen-bond donors (Lipinski definition) is 1. The molecule has 1 saturated carbocycles. The molecule has 0 heterocycles. The number of hydrogen-bond acceptors (Lipinski definition) is 1. The SMILES string of the molecule is CCC(CC[C]1CCCCC1)C(=O)O. The number of aliphatic carboxylic acids is 1. The van der Waals surface area contributed by atoms with E-state index in [4.69, 9.17) is 5.11 Å². The van der Waals surface area contributed by atoms with Crippen LogP contribution in [0, 0.1) is 11.8 Å². The van der Waals surface area contributed by atoms with Crippen molar-refractivity contribution in [1.82, 2.24) is 0 Å². The molecule has 1 rings (SSSR count). The fourth-order valence-corrected chi connectivity index (χ4v) is 2.18. The van der Waals surface area contributed by atoms with Crippen LogP contribution in [0.15, 0.2) is 0 Å². The Kier molecular flexibility index (Phi) is 4.99. The van der Waals surface area contributed by atoms with Crippen molar-refractivity contribution in [2.75, 3.05) is 0 Å². The lowest BCUT2D eigenvalue weighted by molar-refractivity contribution is -0.142. The van der Waals surface area contributed by atoms with E-state index in [1.807, 2.05) is 6.92 Å². The molecule has 0 aromatic rings. The van der Waals surface area contributed by atoms with Crippen LogP contribution in [0.25, 0.3) is 0 Å². The summed E-state index contributed by atoms with van der Waals surface area (Å²) in [4.78, 5) is 10.8. The maximum Gasteiger partial charge on any atom is 0.306 e. The number of carboxylic acid groups (broad SMARTS) is 1. The van der Waals surface area contributed by atoms with Crippen molar-refractivity contribution < 1.29 is 9.90 Å². The van der Waals surface area contributed by atoms with Gasteiger partial charge in [0, 0.05) is 0 Å². The van der Waals surface area contributed by atoms with Crippen LogP contribution in [0.3, 0.4) is 0 Å². The molecule has 2 heteroatoms. The second kappa shape index (κ2) is 6.05. The summed E-state index contributed by atoms with van der Waals surface area (Å²) < 4.78 is 0. The third-order valence-corrected chi connectivity index (χ3v) is 3.25. The van der Waals surface area contributed by atoms with Crippen molar-refractivity contribution in [3.63, 3.8) is 0 Å². The van der Waals surface area contributed by atoms with E-state index in [1.165, 1.54) is 32.1 Å². The van der Waals surface area contributed by atoms with Gasteiger partial charge in [-0.3, -0.25) is 4.79 Å². The highest BCUT2D eigenvalue weighted by Crippen LogP contribution is 2.30. The van der Waals surface area contributed by atoms with E-state index in [0.717, 1.165) is 19.3 Å². The molecule has 0 saturated heterocycles. The molecule has 1 atom stereocenters. The molecule has 2 nitrogen and oxygen atoms in total. The predicted octanol–water partition coefficient (Wildman–Crippen LogP) is 3.42. The predicted molar refractivity (Wildman–Crippen MR) is 57.0 cm³/mol. The largest absolute Gasteiger partial charge is 0.481 e. The van der Waals surface area contributed by atoms with Crippen molar-refractivity contribution in [1.29, 1.82) is 0 Å². The maximum absolute atomic E-state index is 10.8. The van der Waals surface area contributed by atoms with Crippen LogP contribution >= 0.6 is 0 Å². The minimum atomic E-state index is -0.621. The quantitative estimate of drug-likeness (QED) is 0.733. The zero-order valence-electron chi connectivity index (χ0n) is 9.09. The Morgan fingerprint density at radius 1 is 1.36 bits per heavy atom. The Balaban J connectivity index is 2.20. The molecular weight excluding hydrogens is 176 g/mol. The summed E-state index contributed by atoms with van der Waals surface area (Å²) in [6, 6.07) is 0. The van der Waals surface area contributed by atoms with Crippen LogP contribution in [0.4, 0.5) is 0 Å². The van der Waals surface area contributed by atoms with Gasteiger partial charge in [0.2, 0.25) is 0 Å². The smallest absolute Gasteiger partial charge is 0.306 e. The van der Waals surface area contributed by atoms with Gasteiger partial charge in [-0.05, 0) is 38.0 Å². The van der Waals surface area contributed by atoms with Crippen LogP contribution < -0.4 is 0 Å². The lowest BCUT2D eigenvalue weighted by Gasteiger charge is -2.22. The van der Waals surface area contributed by atoms with Crippen LogP contribution in [0.1, 0.15) is 58.3 Å². The molecule has 1 unspecified atom stereocenters. The summed E-state index contributed by atoms with van der Waals surface area (Å²) in [6.45, 7) is 1.96. The molecule has 0 bridgehead atoms. The minimum absolute atomic E-state index is 0.121. The van der Waals surface area contributed by atoms with E-state index >= 15 is 0 Å². The fraction of sp³-hybridized carbons (Fsp3) is 0.833. The number of rotatable bonds is 5. The number of carboxylic acids is 1. The van der Waals surface area contributed by atoms with E-state index in [2.05, 4.69) is 0 Å². The van der Waals surface area contributed by atoms with Gasteiger partial charge in [-0.15, -0.1) is 0 Å². The van der Waals surface area contributed by atoms with Crippen molar-refractivity contribution >= 4 is 5.97 Å². The number of carbonyl (C=O) groups is 1. The van der Waals surface area contributed by atoms with Gasteiger partial charge < -0.3 is 5.11 Å². The van der Waals surface area contributed by atoms with E-state index in [1.54, 1.807) is 5.92 Å². The Morgan fingerprint density at radius 2 is 2.00 bits per heavy atom. The molecule has 14 heavy (non-hydrogen) atoms. The molecule has 81 valence electrons. The molecule has 1 radical (unpaired) electrons. The maximum atomic E-state index is 10.8. The van der Waals surface area contributed by atoms with Gasteiger partial charge in [0.05, 0.1) is 5.92 Å². The first-order valence-corrected chi connectivity index (χ1v) is 5.80. The molecule has 1 aliphatic carbocycles. The molecule has 0 amide bonds. The third kappa shape index (κ3) is 3.69. The highest BCUT2D eigenvalue weighted by atomic mass is 16.4. The molecule has 0 aromatic heterocycles. The fourth-order valence-electron chi connectivity index (χ4n) is 2.18. The highest BCUT2D eigenvalue weighted by Gasteiger charge is 2.19.